The third kappa shape index (κ3) is 2.44. The van der Waals surface area contributed by atoms with Gasteiger partial charge in [-0.15, -0.1) is 0 Å². The Morgan fingerprint density at radius 1 is 1.22 bits per heavy atom. The summed E-state index contributed by atoms with van der Waals surface area (Å²) in [4.78, 5) is 0. The lowest BCUT2D eigenvalue weighted by atomic mass is 10.2. The molecular weight excluding hydrogens is 297 g/mol. The number of nitrogens with zero attached hydrogens (tertiary/aromatic N) is 1. The van der Waals surface area contributed by atoms with Crippen molar-refractivity contribution in [1.29, 1.82) is 5.26 Å². The first-order valence-corrected chi connectivity index (χ1v) is 5.92. The summed E-state index contributed by atoms with van der Waals surface area (Å²) >= 11 is 3.32. The van der Waals surface area contributed by atoms with E-state index in [4.69, 9.17) is 11.0 Å². The molecule has 0 atom stereocenters. The Labute approximate surface area is 112 Å². The van der Waals surface area contributed by atoms with Gasteiger partial charge in [-0.05, 0) is 30.3 Å². The molecular formula is C13H9BrFN3. The van der Waals surface area contributed by atoms with Crippen molar-refractivity contribution in [3.05, 3.63) is 52.3 Å². The fourth-order valence-corrected chi connectivity index (χ4v) is 1.87. The molecule has 0 radical (unpaired) electrons. The minimum atomic E-state index is -0.492. The molecule has 2 aromatic carbocycles. The number of anilines is 3. The molecule has 0 aliphatic rings. The number of nitrogens with two attached hydrogens (primary N) is 1. The van der Waals surface area contributed by atoms with Crippen LogP contribution in [0.4, 0.5) is 21.5 Å². The van der Waals surface area contributed by atoms with Crippen LogP contribution in [0.25, 0.3) is 0 Å². The molecule has 0 aliphatic carbocycles. The molecule has 18 heavy (non-hydrogen) atoms. The number of nitrogens with one attached hydrogen (secondary N) is 1. The first kappa shape index (κ1) is 12.4. The Hall–Kier alpha value is -2.06. The molecule has 0 heterocycles. The van der Waals surface area contributed by atoms with Gasteiger partial charge in [-0.3, -0.25) is 0 Å². The van der Waals surface area contributed by atoms with Crippen molar-refractivity contribution in [3.8, 4) is 6.07 Å². The number of hydrogen-bond acceptors (Lipinski definition) is 3. The molecule has 3 nitrogen and oxygen atoms in total. The lowest BCUT2D eigenvalue weighted by Gasteiger charge is -2.11. The zero-order valence-electron chi connectivity index (χ0n) is 9.24. The molecule has 2 aromatic rings. The molecule has 90 valence electrons. The van der Waals surface area contributed by atoms with Gasteiger partial charge in [-0.1, -0.05) is 22.0 Å². The maximum atomic E-state index is 13.3. The van der Waals surface area contributed by atoms with Crippen LogP contribution in [0, 0.1) is 17.1 Å². The summed E-state index contributed by atoms with van der Waals surface area (Å²) < 4.78 is 14.1. The summed E-state index contributed by atoms with van der Waals surface area (Å²) in [5, 5.41) is 12.0. The third-order valence-corrected chi connectivity index (χ3v) is 2.92. The van der Waals surface area contributed by atoms with Crippen molar-refractivity contribution in [2.24, 2.45) is 0 Å². The van der Waals surface area contributed by atoms with Crippen LogP contribution in [0.3, 0.4) is 0 Å². The highest BCUT2D eigenvalue weighted by atomic mass is 79.9. The van der Waals surface area contributed by atoms with Gasteiger partial charge in [0.15, 0.2) is 0 Å². The van der Waals surface area contributed by atoms with E-state index in [9.17, 15) is 4.39 Å². The topological polar surface area (TPSA) is 61.8 Å². The highest BCUT2D eigenvalue weighted by Crippen LogP contribution is 2.28. The predicted molar refractivity (Wildman–Crippen MR) is 73.0 cm³/mol. The average molecular weight is 306 g/mol. The first-order chi connectivity index (χ1) is 8.61. The maximum absolute atomic E-state index is 13.3. The van der Waals surface area contributed by atoms with Gasteiger partial charge in [0.25, 0.3) is 0 Å². The lowest BCUT2D eigenvalue weighted by molar-refractivity contribution is 0.633. The fraction of sp³-hybridized carbons (Fsp3) is 0. The monoisotopic (exact) mass is 305 g/mol. The molecule has 5 heteroatoms. The van der Waals surface area contributed by atoms with E-state index in [0.717, 1.165) is 4.47 Å². The quantitative estimate of drug-likeness (QED) is 0.830. The van der Waals surface area contributed by atoms with E-state index >= 15 is 0 Å². The van der Waals surface area contributed by atoms with Crippen LogP contribution in [0.15, 0.2) is 40.9 Å². The van der Waals surface area contributed by atoms with Gasteiger partial charge in [-0.25, -0.2) is 4.39 Å². The number of nitriles is 1. The molecule has 0 aliphatic heterocycles. The molecule has 0 aromatic heterocycles. The van der Waals surface area contributed by atoms with Crippen molar-refractivity contribution < 1.29 is 4.39 Å². The van der Waals surface area contributed by atoms with E-state index in [-0.39, 0.29) is 5.69 Å². The summed E-state index contributed by atoms with van der Waals surface area (Å²) in [6.07, 6.45) is 0. The molecule has 3 N–H and O–H groups in total. The SMILES string of the molecule is N#Cc1ccc(Br)cc1Nc1cccc(F)c1N. The summed E-state index contributed by atoms with van der Waals surface area (Å²) in [6.45, 7) is 0. The minimum Gasteiger partial charge on any atom is -0.395 e. The van der Waals surface area contributed by atoms with Crippen molar-refractivity contribution in [3.63, 3.8) is 0 Å². The summed E-state index contributed by atoms with van der Waals surface area (Å²) in [5.41, 5.74) is 7.13. The van der Waals surface area contributed by atoms with Crippen LogP contribution in [0.2, 0.25) is 0 Å². The summed E-state index contributed by atoms with van der Waals surface area (Å²) in [5.74, 6) is -0.492. The van der Waals surface area contributed by atoms with Crippen LogP contribution >= 0.6 is 15.9 Å². The van der Waals surface area contributed by atoms with Gasteiger partial charge in [0.2, 0.25) is 0 Å². The lowest BCUT2D eigenvalue weighted by Crippen LogP contribution is -2.00. The van der Waals surface area contributed by atoms with Gasteiger partial charge >= 0.3 is 0 Å². The van der Waals surface area contributed by atoms with Crippen molar-refractivity contribution in [2.45, 2.75) is 0 Å². The smallest absolute Gasteiger partial charge is 0.148 e. The van der Waals surface area contributed by atoms with Gasteiger partial charge in [0.1, 0.15) is 11.9 Å². The first-order valence-electron chi connectivity index (χ1n) is 5.12. The van der Waals surface area contributed by atoms with E-state index in [1.54, 1.807) is 30.3 Å². The van der Waals surface area contributed by atoms with Crippen molar-refractivity contribution >= 4 is 33.0 Å². The Balaban J connectivity index is 2.43. The largest absolute Gasteiger partial charge is 0.395 e. The van der Waals surface area contributed by atoms with Crippen LogP contribution in [0.1, 0.15) is 5.56 Å². The Bertz CT molecular complexity index is 635. The number of halogens is 2. The van der Waals surface area contributed by atoms with E-state index in [0.29, 0.717) is 16.9 Å². The second-order valence-electron chi connectivity index (χ2n) is 3.63. The molecule has 0 bridgehead atoms. The number of nitrogen functional groups attached to an aromatic ring is 1. The summed E-state index contributed by atoms with van der Waals surface area (Å²) in [6, 6.07) is 11.7. The second kappa shape index (κ2) is 5.07. The molecule has 0 saturated carbocycles. The van der Waals surface area contributed by atoms with Crippen LogP contribution in [-0.4, -0.2) is 0 Å². The molecule has 0 amide bonds. The van der Waals surface area contributed by atoms with E-state index in [1.165, 1.54) is 6.07 Å². The standard InChI is InChI=1S/C13H9BrFN3/c14-9-5-4-8(7-16)12(6-9)18-11-3-1-2-10(15)13(11)17/h1-6,18H,17H2. The molecule has 0 fully saturated rings. The number of benzene rings is 2. The molecule has 0 spiro atoms. The highest BCUT2D eigenvalue weighted by Gasteiger charge is 2.07. The molecule has 2 rings (SSSR count). The van der Waals surface area contributed by atoms with Gasteiger partial charge in [0, 0.05) is 4.47 Å². The Kier molecular flexibility index (Phi) is 3.49. The Morgan fingerprint density at radius 3 is 2.72 bits per heavy atom. The number of hydrogen-bond donors (Lipinski definition) is 2. The molecule has 0 unspecified atom stereocenters. The van der Waals surface area contributed by atoms with E-state index in [1.807, 2.05) is 0 Å². The van der Waals surface area contributed by atoms with Gasteiger partial charge < -0.3 is 11.1 Å². The summed E-state index contributed by atoms with van der Waals surface area (Å²) in [7, 11) is 0. The number of para-hydroxylation sites is 1. The van der Waals surface area contributed by atoms with Crippen LogP contribution in [-0.2, 0) is 0 Å². The minimum absolute atomic E-state index is 0.0290. The zero-order valence-corrected chi connectivity index (χ0v) is 10.8. The van der Waals surface area contributed by atoms with Gasteiger partial charge in [0.05, 0.1) is 22.6 Å². The zero-order chi connectivity index (χ0) is 13.1. The van der Waals surface area contributed by atoms with E-state index < -0.39 is 5.82 Å². The fourth-order valence-electron chi connectivity index (χ4n) is 1.51. The average Bonchev–Trinajstić information content (AvgIpc) is 2.35. The predicted octanol–water partition coefficient (Wildman–Crippen LogP) is 3.79. The van der Waals surface area contributed by atoms with Crippen LogP contribution in [0.5, 0.6) is 0 Å². The van der Waals surface area contributed by atoms with Crippen molar-refractivity contribution in [1.82, 2.24) is 0 Å². The van der Waals surface area contributed by atoms with Crippen LogP contribution < -0.4 is 11.1 Å². The van der Waals surface area contributed by atoms with E-state index in [2.05, 4.69) is 27.3 Å². The third-order valence-electron chi connectivity index (χ3n) is 2.42. The second-order valence-corrected chi connectivity index (χ2v) is 4.54. The normalized spacial score (nSPS) is 9.83. The molecule has 0 saturated heterocycles. The Morgan fingerprint density at radius 2 is 2.00 bits per heavy atom. The highest BCUT2D eigenvalue weighted by molar-refractivity contribution is 9.10. The maximum Gasteiger partial charge on any atom is 0.148 e. The van der Waals surface area contributed by atoms with Crippen molar-refractivity contribution in [2.75, 3.05) is 11.1 Å². The number of rotatable bonds is 2. The van der Waals surface area contributed by atoms with Gasteiger partial charge in [-0.2, -0.15) is 5.26 Å².